The summed E-state index contributed by atoms with van der Waals surface area (Å²) in [5, 5.41) is 5.79. The van der Waals surface area contributed by atoms with Crippen molar-refractivity contribution in [2.24, 2.45) is 5.92 Å². The highest BCUT2D eigenvalue weighted by molar-refractivity contribution is 6.06. The first-order valence-electron chi connectivity index (χ1n) is 11.0. The number of amides is 3. The molecule has 0 bridgehead atoms. The minimum atomic E-state index is -0.422. The SMILES string of the molecule is Cc1ccc(NC(=O)c2cccc(NC(=O)[C@@H]3CC(=O)N(Cc4ccccc4)C3)c2)c(C)c1. The number of carbonyl (C=O) groups is 3. The van der Waals surface area contributed by atoms with E-state index in [4.69, 9.17) is 0 Å². The van der Waals surface area contributed by atoms with E-state index in [1.54, 1.807) is 29.2 Å². The van der Waals surface area contributed by atoms with Crippen LogP contribution in [0.4, 0.5) is 11.4 Å². The number of carbonyl (C=O) groups excluding carboxylic acids is 3. The van der Waals surface area contributed by atoms with Gasteiger partial charge in [0.2, 0.25) is 11.8 Å². The molecule has 1 atom stereocenters. The second-order valence-electron chi connectivity index (χ2n) is 8.50. The third-order valence-corrected chi connectivity index (χ3v) is 5.82. The standard InChI is InChI=1S/C27H27N3O3/c1-18-11-12-24(19(2)13-18)29-26(32)21-9-6-10-23(14-21)28-27(33)22-15-25(31)30(17-22)16-20-7-4-3-5-8-20/h3-14,22H,15-17H2,1-2H3,(H,28,33)(H,29,32)/t22-/m1/s1. The lowest BCUT2D eigenvalue weighted by Crippen LogP contribution is -2.28. The zero-order chi connectivity index (χ0) is 23.4. The first-order chi connectivity index (χ1) is 15.9. The molecule has 3 amide bonds. The fourth-order valence-electron chi connectivity index (χ4n) is 4.04. The number of aryl methyl sites for hydroxylation is 2. The van der Waals surface area contributed by atoms with Gasteiger partial charge in [-0.25, -0.2) is 0 Å². The number of hydrogen-bond acceptors (Lipinski definition) is 3. The van der Waals surface area contributed by atoms with Crippen molar-refractivity contribution in [3.63, 3.8) is 0 Å². The van der Waals surface area contributed by atoms with Gasteiger partial charge in [-0.1, -0.05) is 54.1 Å². The van der Waals surface area contributed by atoms with Crippen LogP contribution in [0.5, 0.6) is 0 Å². The molecule has 0 spiro atoms. The monoisotopic (exact) mass is 441 g/mol. The van der Waals surface area contributed by atoms with E-state index in [1.807, 2.05) is 62.4 Å². The molecule has 1 aliphatic rings. The van der Waals surface area contributed by atoms with Gasteiger partial charge in [0, 0.05) is 36.4 Å². The van der Waals surface area contributed by atoms with Crippen LogP contribution in [0.15, 0.2) is 72.8 Å². The number of benzene rings is 3. The molecule has 3 aromatic carbocycles. The Bertz CT molecular complexity index is 1190. The number of hydrogen-bond donors (Lipinski definition) is 2. The van der Waals surface area contributed by atoms with Gasteiger partial charge < -0.3 is 15.5 Å². The minimum Gasteiger partial charge on any atom is -0.338 e. The minimum absolute atomic E-state index is 0.0272. The number of nitrogens with one attached hydrogen (secondary N) is 2. The summed E-state index contributed by atoms with van der Waals surface area (Å²) in [6.45, 7) is 4.83. The summed E-state index contributed by atoms with van der Waals surface area (Å²) in [6, 6.07) is 22.4. The normalized spacial score (nSPS) is 15.4. The molecule has 33 heavy (non-hydrogen) atoms. The van der Waals surface area contributed by atoms with E-state index in [2.05, 4.69) is 10.6 Å². The Labute approximate surface area is 193 Å². The first kappa shape index (κ1) is 22.3. The van der Waals surface area contributed by atoms with E-state index in [-0.39, 0.29) is 24.1 Å². The number of nitrogens with zero attached hydrogens (tertiary/aromatic N) is 1. The number of likely N-dealkylation sites (tertiary alicyclic amines) is 1. The molecule has 1 aliphatic heterocycles. The van der Waals surface area contributed by atoms with Gasteiger partial charge in [0.1, 0.15) is 0 Å². The molecule has 168 valence electrons. The highest BCUT2D eigenvalue weighted by Gasteiger charge is 2.34. The topological polar surface area (TPSA) is 78.5 Å². The van der Waals surface area contributed by atoms with Crippen LogP contribution in [0.2, 0.25) is 0 Å². The Morgan fingerprint density at radius 1 is 0.939 bits per heavy atom. The van der Waals surface area contributed by atoms with Crippen LogP contribution >= 0.6 is 0 Å². The van der Waals surface area contributed by atoms with Gasteiger partial charge in [0.15, 0.2) is 0 Å². The molecule has 3 aromatic rings. The zero-order valence-electron chi connectivity index (χ0n) is 18.8. The Hall–Kier alpha value is -3.93. The van der Waals surface area contributed by atoms with Crippen molar-refractivity contribution in [3.8, 4) is 0 Å². The lowest BCUT2D eigenvalue weighted by atomic mass is 10.1. The molecule has 0 radical (unpaired) electrons. The Balaban J connectivity index is 1.38. The van der Waals surface area contributed by atoms with Crippen molar-refractivity contribution in [3.05, 3.63) is 95.1 Å². The van der Waals surface area contributed by atoms with Crippen LogP contribution < -0.4 is 10.6 Å². The third-order valence-electron chi connectivity index (χ3n) is 5.82. The maximum atomic E-state index is 12.8. The summed E-state index contributed by atoms with van der Waals surface area (Å²) in [7, 11) is 0. The average molecular weight is 442 g/mol. The van der Waals surface area contributed by atoms with E-state index in [0.717, 1.165) is 22.4 Å². The molecule has 6 heteroatoms. The molecule has 6 nitrogen and oxygen atoms in total. The second kappa shape index (κ2) is 9.69. The van der Waals surface area contributed by atoms with E-state index < -0.39 is 5.92 Å². The van der Waals surface area contributed by atoms with E-state index in [0.29, 0.717) is 24.3 Å². The predicted molar refractivity (Wildman–Crippen MR) is 129 cm³/mol. The second-order valence-corrected chi connectivity index (χ2v) is 8.50. The van der Waals surface area contributed by atoms with Crippen LogP contribution in [0, 0.1) is 19.8 Å². The van der Waals surface area contributed by atoms with Crippen molar-refractivity contribution in [2.45, 2.75) is 26.8 Å². The molecule has 0 saturated carbocycles. The van der Waals surface area contributed by atoms with Gasteiger partial charge >= 0.3 is 0 Å². The van der Waals surface area contributed by atoms with Gasteiger partial charge in [0.25, 0.3) is 5.91 Å². The Morgan fingerprint density at radius 2 is 1.73 bits per heavy atom. The maximum absolute atomic E-state index is 12.8. The lowest BCUT2D eigenvalue weighted by Gasteiger charge is -2.17. The van der Waals surface area contributed by atoms with Crippen molar-refractivity contribution < 1.29 is 14.4 Å². The summed E-state index contributed by atoms with van der Waals surface area (Å²) in [5.41, 5.74) is 4.88. The largest absolute Gasteiger partial charge is 0.338 e. The summed E-state index contributed by atoms with van der Waals surface area (Å²) in [5.74, 6) is -0.913. The molecule has 0 aromatic heterocycles. The van der Waals surface area contributed by atoms with Crippen LogP contribution in [-0.4, -0.2) is 29.2 Å². The molecular formula is C27H27N3O3. The van der Waals surface area contributed by atoms with Gasteiger partial charge in [-0.3, -0.25) is 14.4 Å². The summed E-state index contributed by atoms with van der Waals surface area (Å²) >= 11 is 0. The van der Waals surface area contributed by atoms with Gasteiger partial charge in [-0.05, 0) is 49.2 Å². The molecule has 1 heterocycles. The first-order valence-corrected chi connectivity index (χ1v) is 11.0. The fourth-order valence-corrected chi connectivity index (χ4v) is 4.04. The Morgan fingerprint density at radius 3 is 2.48 bits per heavy atom. The van der Waals surface area contributed by atoms with E-state index in [9.17, 15) is 14.4 Å². The van der Waals surface area contributed by atoms with Crippen molar-refractivity contribution in [2.75, 3.05) is 17.2 Å². The highest BCUT2D eigenvalue weighted by Crippen LogP contribution is 2.23. The van der Waals surface area contributed by atoms with E-state index >= 15 is 0 Å². The molecule has 4 rings (SSSR count). The fraction of sp³-hybridized carbons (Fsp3) is 0.222. The summed E-state index contributed by atoms with van der Waals surface area (Å²) < 4.78 is 0. The van der Waals surface area contributed by atoms with Gasteiger partial charge in [-0.15, -0.1) is 0 Å². The molecular weight excluding hydrogens is 414 g/mol. The van der Waals surface area contributed by atoms with Crippen LogP contribution in [-0.2, 0) is 16.1 Å². The molecule has 0 unspecified atom stereocenters. The molecule has 1 fully saturated rings. The Kier molecular flexibility index (Phi) is 6.54. The van der Waals surface area contributed by atoms with Crippen molar-refractivity contribution >= 4 is 29.1 Å². The third kappa shape index (κ3) is 5.47. The highest BCUT2D eigenvalue weighted by atomic mass is 16.2. The maximum Gasteiger partial charge on any atom is 0.255 e. The zero-order valence-corrected chi connectivity index (χ0v) is 18.8. The lowest BCUT2D eigenvalue weighted by molar-refractivity contribution is -0.128. The van der Waals surface area contributed by atoms with Crippen LogP contribution in [0.3, 0.4) is 0 Å². The quantitative estimate of drug-likeness (QED) is 0.589. The number of rotatable bonds is 6. The smallest absolute Gasteiger partial charge is 0.255 e. The molecule has 1 saturated heterocycles. The van der Waals surface area contributed by atoms with Gasteiger partial charge in [0.05, 0.1) is 5.92 Å². The van der Waals surface area contributed by atoms with E-state index in [1.165, 1.54) is 0 Å². The summed E-state index contributed by atoms with van der Waals surface area (Å²) in [4.78, 5) is 39.7. The summed E-state index contributed by atoms with van der Waals surface area (Å²) in [6.07, 6.45) is 0.186. The van der Waals surface area contributed by atoms with Crippen LogP contribution in [0.25, 0.3) is 0 Å². The average Bonchev–Trinajstić information content (AvgIpc) is 3.17. The molecule has 2 N–H and O–H groups in total. The molecule has 0 aliphatic carbocycles. The van der Waals surface area contributed by atoms with Crippen molar-refractivity contribution in [1.82, 2.24) is 4.90 Å². The van der Waals surface area contributed by atoms with Crippen LogP contribution in [0.1, 0.15) is 33.5 Å². The van der Waals surface area contributed by atoms with Crippen molar-refractivity contribution in [1.29, 1.82) is 0 Å². The number of anilines is 2. The predicted octanol–water partition coefficient (Wildman–Crippen LogP) is 4.54. The van der Waals surface area contributed by atoms with Gasteiger partial charge in [-0.2, -0.15) is 0 Å².